The number of rotatable bonds is 7. The number of aryl methyl sites for hydroxylation is 1. The predicted molar refractivity (Wildman–Crippen MR) is 85.2 cm³/mol. The zero-order valence-electron chi connectivity index (χ0n) is 12.1. The van der Waals surface area contributed by atoms with Crippen LogP contribution in [0.2, 0.25) is 0 Å². The van der Waals surface area contributed by atoms with Gasteiger partial charge in [-0.2, -0.15) is 0 Å². The fourth-order valence-electron chi connectivity index (χ4n) is 2.13. The van der Waals surface area contributed by atoms with Crippen molar-refractivity contribution in [2.24, 2.45) is 0 Å². The zero-order chi connectivity index (χ0) is 15.2. The minimum absolute atomic E-state index is 0.0298. The van der Waals surface area contributed by atoms with Crippen LogP contribution in [0, 0.1) is 0 Å². The second kappa shape index (κ2) is 7.09. The van der Waals surface area contributed by atoms with Gasteiger partial charge in [0, 0.05) is 36.4 Å². The highest BCUT2D eigenvalue weighted by Crippen LogP contribution is 2.17. The van der Waals surface area contributed by atoms with Crippen LogP contribution in [0.4, 0.5) is 0 Å². The van der Waals surface area contributed by atoms with Crippen LogP contribution in [-0.2, 0) is 17.6 Å². The lowest BCUT2D eigenvalue weighted by Gasteiger charge is -2.03. The molecule has 114 valence electrons. The Kier molecular flexibility index (Phi) is 4.70. The topological polar surface area (TPSA) is 60.1 Å². The molecule has 0 saturated heterocycles. The number of hydrogen-bond acceptors (Lipinski definition) is 4. The molecule has 0 atom stereocenters. The van der Waals surface area contributed by atoms with E-state index in [9.17, 15) is 4.79 Å². The smallest absolute Gasteiger partial charge is 0.225 e. The lowest BCUT2D eigenvalue weighted by molar-refractivity contribution is -0.120. The van der Waals surface area contributed by atoms with E-state index < -0.39 is 0 Å². The van der Waals surface area contributed by atoms with E-state index in [4.69, 9.17) is 4.42 Å². The zero-order valence-corrected chi connectivity index (χ0v) is 12.9. The van der Waals surface area contributed by atoms with E-state index in [2.05, 4.69) is 10.3 Å². The molecule has 3 aromatic rings. The fraction of sp³-hybridized carbons (Fsp3) is 0.250. The highest BCUT2D eigenvalue weighted by atomic mass is 32.1. The van der Waals surface area contributed by atoms with E-state index in [-0.39, 0.29) is 5.91 Å². The van der Waals surface area contributed by atoms with Crippen molar-refractivity contribution in [3.63, 3.8) is 0 Å². The van der Waals surface area contributed by atoms with Gasteiger partial charge < -0.3 is 14.3 Å². The maximum atomic E-state index is 11.9. The third-order valence-electron chi connectivity index (χ3n) is 3.20. The summed E-state index contributed by atoms with van der Waals surface area (Å²) in [6.45, 7) is 0.656. The summed E-state index contributed by atoms with van der Waals surface area (Å²) in [5.41, 5.74) is 0. The summed E-state index contributed by atoms with van der Waals surface area (Å²) in [6.07, 6.45) is 9.40. The Balaban J connectivity index is 1.42. The number of furan rings is 1. The van der Waals surface area contributed by atoms with Gasteiger partial charge in [0.15, 0.2) is 5.13 Å². The number of thiazole rings is 1. The third kappa shape index (κ3) is 3.85. The Morgan fingerprint density at radius 3 is 2.95 bits per heavy atom. The van der Waals surface area contributed by atoms with Crippen molar-refractivity contribution in [1.29, 1.82) is 0 Å². The molecule has 6 heteroatoms. The molecular weight excluding hydrogens is 298 g/mol. The number of carbonyl (C=O) groups is 1. The Labute approximate surface area is 132 Å². The maximum Gasteiger partial charge on any atom is 0.225 e. The van der Waals surface area contributed by atoms with E-state index >= 15 is 0 Å². The van der Waals surface area contributed by atoms with Gasteiger partial charge in [-0.15, -0.1) is 11.3 Å². The van der Waals surface area contributed by atoms with Gasteiger partial charge in [0.05, 0.1) is 12.7 Å². The predicted octanol–water partition coefficient (Wildman–Crippen LogP) is 2.82. The average molecular weight is 315 g/mol. The standard InChI is InChI=1S/C16H17N3O2S/c20-15(17-7-3-5-13-6-4-10-21-13)11-14-12-18-16(22-14)19-8-1-2-9-19/h1-2,4,6,8-10,12H,3,5,7,11H2,(H,17,20). The average Bonchev–Trinajstić information content (AvgIpc) is 3.24. The summed E-state index contributed by atoms with van der Waals surface area (Å²) in [5.74, 6) is 0.982. The normalized spacial score (nSPS) is 10.7. The van der Waals surface area contributed by atoms with E-state index in [1.807, 2.05) is 41.2 Å². The number of aromatic nitrogens is 2. The van der Waals surface area contributed by atoms with Crippen LogP contribution in [0.5, 0.6) is 0 Å². The fourth-order valence-corrected chi connectivity index (χ4v) is 3.00. The molecule has 1 N–H and O–H groups in total. The second-order valence-electron chi connectivity index (χ2n) is 4.91. The molecule has 3 rings (SSSR count). The summed E-state index contributed by atoms with van der Waals surface area (Å²) >= 11 is 1.53. The summed E-state index contributed by atoms with van der Waals surface area (Å²) in [5, 5.41) is 3.81. The van der Waals surface area contributed by atoms with Gasteiger partial charge in [-0.3, -0.25) is 4.79 Å². The van der Waals surface area contributed by atoms with Crippen LogP contribution in [0.15, 0.2) is 53.5 Å². The van der Waals surface area contributed by atoms with Crippen molar-refractivity contribution >= 4 is 17.2 Å². The molecule has 0 bridgehead atoms. The first-order valence-corrected chi connectivity index (χ1v) is 8.00. The monoisotopic (exact) mass is 315 g/mol. The first-order chi connectivity index (χ1) is 10.8. The molecule has 0 saturated carbocycles. The maximum absolute atomic E-state index is 11.9. The van der Waals surface area contributed by atoms with E-state index in [0.717, 1.165) is 28.6 Å². The van der Waals surface area contributed by atoms with Crippen LogP contribution in [-0.4, -0.2) is 22.0 Å². The Morgan fingerprint density at radius 2 is 2.18 bits per heavy atom. The van der Waals surface area contributed by atoms with Crippen molar-refractivity contribution < 1.29 is 9.21 Å². The number of carbonyl (C=O) groups excluding carboxylic acids is 1. The van der Waals surface area contributed by atoms with E-state index in [0.29, 0.717) is 13.0 Å². The van der Waals surface area contributed by atoms with E-state index in [1.54, 1.807) is 12.5 Å². The lowest BCUT2D eigenvalue weighted by atomic mass is 10.2. The summed E-state index contributed by atoms with van der Waals surface area (Å²) in [6, 6.07) is 7.72. The van der Waals surface area contributed by atoms with Crippen molar-refractivity contribution in [3.05, 3.63) is 59.8 Å². The van der Waals surface area contributed by atoms with Gasteiger partial charge in [-0.1, -0.05) is 0 Å². The summed E-state index contributed by atoms with van der Waals surface area (Å²) in [4.78, 5) is 17.2. The number of nitrogens with one attached hydrogen (secondary N) is 1. The van der Waals surface area contributed by atoms with Gasteiger partial charge in [-0.05, 0) is 30.7 Å². The lowest BCUT2D eigenvalue weighted by Crippen LogP contribution is -2.26. The first kappa shape index (κ1) is 14.6. The number of amides is 1. The van der Waals surface area contributed by atoms with Crippen molar-refractivity contribution in [1.82, 2.24) is 14.9 Å². The number of nitrogens with zero attached hydrogens (tertiary/aromatic N) is 2. The Hall–Kier alpha value is -2.34. The Morgan fingerprint density at radius 1 is 1.32 bits per heavy atom. The molecular formula is C16H17N3O2S. The SMILES string of the molecule is O=C(Cc1cnc(-n2cccc2)s1)NCCCc1ccco1. The van der Waals surface area contributed by atoms with Gasteiger partial charge in [-0.25, -0.2) is 4.98 Å². The molecule has 0 fully saturated rings. The van der Waals surface area contributed by atoms with Crippen molar-refractivity contribution in [2.75, 3.05) is 6.54 Å². The summed E-state index contributed by atoms with van der Waals surface area (Å²) in [7, 11) is 0. The van der Waals surface area contributed by atoms with Crippen LogP contribution in [0.25, 0.3) is 5.13 Å². The quantitative estimate of drug-likeness (QED) is 0.682. The number of hydrogen-bond donors (Lipinski definition) is 1. The molecule has 0 radical (unpaired) electrons. The molecule has 1 amide bonds. The highest BCUT2D eigenvalue weighted by Gasteiger charge is 2.08. The van der Waals surface area contributed by atoms with Gasteiger partial charge in [0.2, 0.25) is 5.91 Å². The van der Waals surface area contributed by atoms with Crippen molar-refractivity contribution in [2.45, 2.75) is 19.3 Å². The minimum atomic E-state index is 0.0298. The van der Waals surface area contributed by atoms with Gasteiger partial charge in [0.1, 0.15) is 5.76 Å². The summed E-state index contributed by atoms with van der Waals surface area (Å²) < 4.78 is 7.19. The third-order valence-corrected chi connectivity index (χ3v) is 4.21. The van der Waals surface area contributed by atoms with Crippen LogP contribution < -0.4 is 5.32 Å². The molecule has 0 spiro atoms. The second-order valence-corrected chi connectivity index (χ2v) is 6.00. The van der Waals surface area contributed by atoms with E-state index in [1.165, 1.54) is 11.3 Å². The molecule has 0 aliphatic heterocycles. The first-order valence-electron chi connectivity index (χ1n) is 7.18. The highest BCUT2D eigenvalue weighted by molar-refractivity contribution is 7.14. The largest absolute Gasteiger partial charge is 0.469 e. The van der Waals surface area contributed by atoms with Crippen molar-refractivity contribution in [3.8, 4) is 5.13 Å². The molecule has 0 aliphatic rings. The minimum Gasteiger partial charge on any atom is -0.469 e. The molecule has 0 aromatic carbocycles. The molecule has 0 aliphatic carbocycles. The molecule has 5 nitrogen and oxygen atoms in total. The van der Waals surface area contributed by atoms with Crippen LogP contribution in [0.1, 0.15) is 17.1 Å². The van der Waals surface area contributed by atoms with Crippen LogP contribution in [0.3, 0.4) is 0 Å². The van der Waals surface area contributed by atoms with Gasteiger partial charge in [0.25, 0.3) is 0 Å². The molecule has 0 unspecified atom stereocenters. The molecule has 3 aromatic heterocycles. The molecule has 22 heavy (non-hydrogen) atoms. The molecule has 3 heterocycles. The van der Waals surface area contributed by atoms with Gasteiger partial charge >= 0.3 is 0 Å². The van der Waals surface area contributed by atoms with Crippen LogP contribution >= 0.6 is 11.3 Å². The Bertz CT molecular complexity index is 702.